The number of anilines is 1. The minimum absolute atomic E-state index is 0.0598. The molecule has 0 spiro atoms. The predicted molar refractivity (Wildman–Crippen MR) is 136 cm³/mol. The fraction of sp³-hybridized carbons (Fsp3) is 0.250. The molecule has 1 aliphatic rings. The second-order valence-electron chi connectivity index (χ2n) is 8.63. The summed E-state index contributed by atoms with van der Waals surface area (Å²) in [5, 5.41) is 5.84. The number of imidazole rings is 1. The van der Waals surface area contributed by atoms with E-state index in [0.29, 0.717) is 24.2 Å². The zero-order valence-electron chi connectivity index (χ0n) is 19.4. The molecule has 2 amide bonds. The monoisotopic (exact) mass is 468 g/mol. The average molecular weight is 469 g/mol. The lowest BCUT2D eigenvalue weighted by atomic mass is 10.1. The highest BCUT2D eigenvalue weighted by Gasteiger charge is 2.19. The van der Waals surface area contributed by atoms with Crippen molar-refractivity contribution in [2.45, 2.75) is 31.8 Å². The Balaban J connectivity index is 1.28. The highest BCUT2D eigenvalue weighted by Crippen LogP contribution is 2.23. The molecule has 1 aliphatic heterocycles. The molecule has 35 heavy (non-hydrogen) atoms. The smallest absolute Gasteiger partial charge is 0.253 e. The zero-order valence-corrected chi connectivity index (χ0v) is 19.4. The third-order valence-electron chi connectivity index (χ3n) is 6.18. The van der Waals surface area contributed by atoms with Gasteiger partial charge in [0.1, 0.15) is 5.82 Å². The summed E-state index contributed by atoms with van der Waals surface area (Å²) < 4.78 is 7.67. The van der Waals surface area contributed by atoms with Crippen LogP contribution in [0, 0.1) is 0 Å². The number of aryl methyl sites for hydroxylation is 1. The number of aromatic nitrogens is 2. The first kappa shape index (κ1) is 22.8. The summed E-state index contributed by atoms with van der Waals surface area (Å²) in [6, 6.07) is 25.0. The van der Waals surface area contributed by atoms with Gasteiger partial charge in [-0.3, -0.25) is 14.2 Å². The molecule has 7 nitrogen and oxygen atoms in total. The van der Waals surface area contributed by atoms with Gasteiger partial charge in [-0.15, -0.1) is 0 Å². The quantitative estimate of drug-likeness (QED) is 0.399. The molecule has 0 saturated carbocycles. The Morgan fingerprint density at radius 1 is 0.971 bits per heavy atom. The lowest BCUT2D eigenvalue weighted by Crippen LogP contribution is -2.32. The van der Waals surface area contributed by atoms with Crippen molar-refractivity contribution in [1.29, 1.82) is 0 Å². The maximum Gasteiger partial charge on any atom is 0.253 e. The first-order valence-corrected chi connectivity index (χ1v) is 12.0. The average Bonchev–Trinajstić information content (AvgIpc) is 3.54. The molecule has 4 aromatic rings. The van der Waals surface area contributed by atoms with E-state index in [-0.39, 0.29) is 24.3 Å². The molecule has 0 aliphatic carbocycles. The van der Waals surface area contributed by atoms with Gasteiger partial charge < -0.3 is 15.4 Å². The lowest BCUT2D eigenvalue weighted by molar-refractivity contribution is -0.116. The van der Waals surface area contributed by atoms with E-state index in [1.165, 1.54) is 0 Å². The van der Waals surface area contributed by atoms with Crippen LogP contribution < -0.4 is 10.6 Å². The van der Waals surface area contributed by atoms with Crippen molar-refractivity contribution in [2.24, 2.45) is 0 Å². The maximum absolute atomic E-state index is 12.9. The molecule has 1 aromatic heterocycles. The Labute approximate surface area is 204 Å². The van der Waals surface area contributed by atoms with Crippen LogP contribution in [0.25, 0.3) is 16.7 Å². The molecule has 5 rings (SSSR count). The summed E-state index contributed by atoms with van der Waals surface area (Å²) in [6.45, 7) is 1.21. The number of rotatable bonds is 8. The third kappa shape index (κ3) is 5.25. The number of nitrogens with one attached hydrogen (secondary N) is 2. The molecule has 1 saturated heterocycles. The van der Waals surface area contributed by atoms with Crippen molar-refractivity contribution in [1.82, 2.24) is 14.9 Å². The maximum atomic E-state index is 12.9. The largest absolute Gasteiger partial charge is 0.376 e. The fourth-order valence-electron chi connectivity index (χ4n) is 4.44. The van der Waals surface area contributed by atoms with Gasteiger partial charge in [0.25, 0.3) is 5.91 Å². The number of carbonyl (C=O) groups is 2. The minimum atomic E-state index is -0.220. The van der Waals surface area contributed by atoms with Gasteiger partial charge in [0.15, 0.2) is 0 Å². The number of hydrogen-bond acceptors (Lipinski definition) is 4. The highest BCUT2D eigenvalue weighted by atomic mass is 16.5. The van der Waals surface area contributed by atoms with Gasteiger partial charge in [-0.25, -0.2) is 4.98 Å². The number of fused-ring (bicyclic) bond motifs is 1. The van der Waals surface area contributed by atoms with Crippen LogP contribution in [0.5, 0.6) is 0 Å². The van der Waals surface area contributed by atoms with Crippen LogP contribution in [-0.2, 0) is 16.0 Å². The van der Waals surface area contributed by atoms with E-state index in [0.717, 1.165) is 42.0 Å². The molecule has 0 bridgehead atoms. The van der Waals surface area contributed by atoms with E-state index >= 15 is 0 Å². The third-order valence-corrected chi connectivity index (χ3v) is 6.18. The highest BCUT2D eigenvalue weighted by molar-refractivity contribution is 6.03. The summed E-state index contributed by atoms with van der Waals surface area (Å²) >= 11 is 0. The molecule has 2 N–H and O–H groups in total. The SMILES string of the molecule is O=C(CCc1nc2ccccc2n1-c1ccccc1)Nc1ccccc1C(=O)NCC1CCCO1. The van der Waals surface area contributed by atoms with E-state index < -0.39 is 0 Å². The molecule has 1 atom stereocenters. The molecule has 7 heteroatoms. The lowest BCUT2D eigenvalue weighted by Gasteiger charge is -2.14. The number of amides is 2. The molecular weight excluding hydrogens is 440 g/mol. The summed E-state index contributed by atoms with van der Waals surface area (Å²) in [4.78, 5) is 30.4. The molecule has 1 fully saturated rings. The molecule has 2 heterocycles. The number of benzene rings is 3. The zero-order chi connectivity index (χ0) is 24.0. The Kier molecular flexibility index (Phi) is 6.86. The first-order chi connectivity index (χ1) is 17.2. The first-order valence-electron chi connectivity index (χ1n) is 12.0. The van der Waals surface area contributed by atoms with Crippen LogP contribution in [0.1, 0.15) is 35.4 Å². The summed E-state index contributed by atoms with van der Waals surface area (Å²) in [7, 11) is 0. The van der Waals surface area contributed by atoms with Crippen LogP contribution in [0.15, 0.2) is 78.9 Å². The van der Waals surface area contributed by atoms with Gasteiger partial charge in [0.05, 0.1) is 28.4 Å². The number of nitrogens with zero attached hydrogens (tertiary/aromatic N) is 2. The van der Waals surface area contributed by atoms with Crippen LogP contribution in [0.4, 0.5) is 5.69 Å². The normalized spacial score (nSPS) is 15.3. The summed E-state index contributed by atoms with van der Waals surface area (Å²) in [5.74, 6) is 0.424. The standard InChI is InChI=1S/C28H28N4O3/c33-27(31-23-13-5-4-12-22(23)28(34)29-19-21-11-8-18-35-21)17-16-26-30-24-14-6-7-15-25(24)32(26)20-9-2-1-3-10-20/h1-7,9-10,12-15,21H,8,11,16-19H2,(H,29,34)(H,31,33). The van der Waals surface area contributed by atoms with Gasteiger partial charge in [-0.1, -0.05) is 42.5 Å². The van der Waals surface area contributed by atoms with Crippen molar-refractivity contribution in [3.8, 4) is 5.69 Å². The predicted octanol–water partition coefficient (Wildman–Crippen LogP) is 4.51. The van der Waals surface area contributed by atoms with Crippen molar-refractivity contribution >= 4 is 28.5 Å². The number of ether oxygens (including phenoxy) is 1. The van der Waals surface area contributed by atoms with Gasteiger partial charge in [-0.05, 0) is 49.2 Å². The molecule has 0 radical (unpaired) electrons. The van der Waals surface area contributed by atoms with E-state index in [1.54, 1.807) is 24.3 Å². The molecular formula is C28H28N4O3. The molecule has 3 aromatic carbocycles. The number of para-hydroxylation sites is 4. The summed E-state index contributed by atoms with van der Waals surface area (Å²) in [6.07, 6.45) is 2.73. The molecule has 178 valence electrons. The van der Waals surface area contributed by atoms with Gasteiger partial charge >= 0.3 is 0 Å². The van der Waals surface area contributed by atoms with Crippen molar-refractivity contribution in [3.63, 3.8) is 0 Å². The van der Waals surface area contributed by atoms with Crippen LogP contribution >= 0.6 is 0 Å². The Hall–Kier alpha value is -3.97. The van der Waals surface area contributed by atoms with Gasteiger partial charge in [0, 0.05) is 31.7 Å². The van der Waals surface area contributed by atoms with Crippen LogP contribution in [-0.4, -0.2) is 40.6 Å². The van der Waals surface area contributed by atoms with Crippen molar-refractivity contribution in [3.05, 3.63) is 90.3 Å². The summed E-state index contributed by atoms with van der Waals surface area (Å²) in [5.41, 5.74) is 3.83. The van der Waals surface area contributed by atoms with Crippen LogP contribution in [0.2, 0.25) is 0 Å². The number of hydrogen-bond donors (Lipinski definition) is 2. The Bertz CT molecular complexity index is 1330. The van der Waals surface area contributed by atoms with Crippen LogP contribution in [0.3, 0.4) is 0 Å². The van der Waals surface area contributed by atoms with Gasteiger partial charge in [-0.2, -0.15) is 0 Å². The van der Waals surface area contributed by atoms with Gasteiger partial charge in [0.2, 0.25) is 5.91 Å². The minimum Gasteiger partial charge on any atom is -0.376 e. The fourth-order valence-corrected chi connectivity index (χ4v) is 4.44. The van der Waals surface area contributed by atoms with Crippen molar-refractivity contribution < 1.29 is 14.3 Å². The number of carbonyl (C=O) groups excluding carboxylic acids is 2. The topological polar surface area (TPSA) is 85.2 Å². The van der Waals surface area contributed by atoms with E-state index in [2.05, 4.69) is 15.2 Å². The second-order valence-corrected chi connectivity index (χ2v) is 8.63. The second kappa shape index (κ2) is 10.5. The molecule has 1 unspecified atom stereocenters. The van der Waals surface area contributed by atoms with E-state index in [9.17, 15) is 9.59 Å². The Morgan fingerprint density at radius 3 is 2.57 bits per heavy atom. The van der Waals surface area contributed by atoms with E-state index in [1.807, 2.05) is 54.6 Å². The van der Waals surface area contributed by atoms with E-state index in [4.69, 9.17) is 9.72 Å². The Morgan fingerprint density at radius 2 is 1.74 bits per heavy atom. The van der Waals surface area contributed by atoms with Crippen molar-refractivity contribution in [2.75, 3.05) is 18.5 Å².